The number of rotatable bonds is 14. The van der Waals surface area contributed by atoms with Gasteiger partial charge in [0.25, 0.3) is 0 Å². The predicted octanol–water partition coefficient (Wildman–Crippen LogP) is 4.70. The first-order valence-electron chi connectivity index (χ1n) is 10.3. The van der Waals surface area contributed by atoms with Crippen molar-refractivity contribution in [3.05, 3.63) is 35.4 Å². The van der Waals surface area contributed by atoms with Crippen molar-refractivity contribution in [1.29, 1.82) is 0 Å². The average molecular weight is 378 g/mol. The molecule has 0 amide bonds. The molecule has 1 rings (SSSR count). The van der Waals surface area contributed by atoms with Crippen LogP contribution < -0.4 is 0 Å². The van der Waals surface area contributed by atoms with E-state index in [1.165, 1.54) is 25.7 Å². The first kappa shape index (κ1) is 23.2. The maximum atomic E-state index is 12.4. The molecule has 0 aliphatic carbocycles. The van der Waals surface area contributed by atoms with Gasteiger partial charge in [-0.15, -0.1) is 0 Å². The topological polar surface area (TPSA) is 55.8 Å². The van der Waals surface area contributed by atoms with Gasteiger partial charge in [-0.1, -0.05) is 65.0 Å². The number of carbonyl (C=O) groups is 2. The van der Waals surface area contributed by atoms with Crippen LogP contribution in [0.5, 0.6) is 0 Å². The number of esters is 2. The Bertz CT molecular complexity index is 555. The maximum absolute atomic E-state index is 12.4. The fourth-order valence-electron chi connectivity index (χ4n) is 2.85. The third-order valence-electron chi connectivity index (χ3n) is 4.63. The van der Waals surface area contributed by atoms with E-state index in [2.05, 4.69) is 25.7 Å². The zero-order chi connectivity index (χ0) is 19.9. The molecule has 152 valence electrons. The lowest BCUT2D eigenvalue weighted by molar-refractivity contribution is 0.0432. The normalized spacial score (nSPS) is 10.8. The van der Waals surface area contributed by atoms with E-state index in [0.29, 0.717) is 19.8 Å². The molecular formula is C22H35NO4. The number of hydrogen-bond donors (Lipinski definition) is 0. The molecule has 0 aliphatic heterocycles. The summed E-state index contributed by atoms with van der Waals surface area (Å²) in [6, 6.07) is 6.69. The highest BCUT2D eigenvalue weighted by Gasteiger charge is 2.19. The van der Waals surface area contributed by atoms with Crippen molar-refractivity contribution in [2.45, 2.75) is 59.3 Å². The van der Waals surface area contributed by atoms with Crippen LogP contribution in [0.15, 0.2) is 24.3 Å². The van der Waals surface area contributed by atoms with E-state index in [1.54, 1.807) is 24.3 Å². The van der Waals surface area contributed by atoms with E-state index >= 15 is 0 Å². The van der Waals surface area contributed by atoms with E-state index in [0.717, 1.165) is 25.9 Å². The highest BCUT2D eigenvalue weighted by Crippen LogP contribution is 2.13. The van der Waals surface area contributed by atoms with Gasteiger partial charge in [0.2, 0.25) is 0 Å². The van der Waals surface area contributed by atoms with Gasteiger partial charge in [0.05, 0.1) is 17.7 Å². The van der Waals surface area contributed by atoms with Crippen LogP contribution in [0, 0.1) is 0 Å². The van der Waals surface area contributed by atoms with Crippen LogP contribution in [-0.4, -0.2) is 49.7 Å². The fraction of sp³-hybridized carbons (Fsp3) is 0.636. The number of likely N-dealkylation sites (N-methyl/N-ethyl adjacent to an activating group) is 1. The molecule has 0 heterocycles. The van der Waals surface area contributed by atoms with E-state index < -0.39 is 11.9 Å². The van der Waals surface area contributed by atoms with Gasteiger partial charge >= 0.3 is 11.9 Å². The summed E-state index contributed by atoms with van der Waals surface area (Å²) in [4.78, 5) is 26.9. The first-order chi connectivity index (χ1) is 13.1. The van der Waals surface area contributed by atoms with Crippen molar-refractivity contribution in [2.75, 3.05) is 32.8 Å². The maximum Gasteiger partial charge on any atom is 0.339 e. The Morgan fingerprint density at radius 1 is 0.778 bits per heavy atom. The van der Waals surface area contributed by atoms with Gasteiger partial charge in [0.15, 0.2) is 0 Å². The molecule has 1 aromatic carbocycles. The van der Waals surface area contributed by atoms with E-state index in [1.807, 2.05) is 0 Å². The second-order valence-corrected chi connectivity index (χ2v) is 6.61. The highest BCUT2D eigenvalue weighted by molar-refractivity contribution is 6.03. The molecule has 0 spiro atoms. The number of unbranched alkanes of at least 4 members (excludes halogenated alkanes) is 5. The van der Waals surface area contributed by atoms with Gasteiger partial charge in [-0.2, -0.15) is 0 Å². The van der Waals surface area contributed by atoms with Crippen molar-refractivity contribution >= 4 is 11.9 Å². The fourth-order valence-corrected chi connectivity index (χ4v) is 2.85. The zero-order valence-corrected chi connectivity index (χ0v) is 17.2. The lowest BCUT2D eigenvalue weighted by atomic mass is 10.1. The van der Waals surface area contributed by atoms with Gasteiger partial charge in [0, 0.05) is 6.54 Å². The summed E-state index contributed by atoms with van der Waals surface area (Å²) in [6.45, 7) is 9.53. The predicted molar refractivity (Wildman–Crippen MR) is 108 cm³/mol. The molecule has 1 aromatic rings. The van der Waals surface area contributed by atoms with E-state index in [4.69, 9.17) is 9.47 Å². The highest BCUT2D eigenvalue weighted by atomic mass is 16.5. The number of hydrogen-bond acceptors (Lipinski definition) is 5. The van der Waals surface area contributed by atoms with Gasteiger partial charge < -0.3 is 14.4 Å². The minimum atomic E-state index is -0.478. The number of nitrogens with zero attached hydrogens (tertiary/aromatic N) is 1. The monoisotopic (exact) mass is 377 g/mol. The van der Waals surface area contributed by atoms with Crippen LogP contribution in [0.25, 0.3) is 0 Å². The van der Waals surface area contributed by atoms with Crippen molar-refractivity contribution in [2.24, 2.45) is 0 Å². The quantitative estimate of drug-likeness (QED) is 0.347. The summed E-state index contributed by atoms with van der Waals surface area (Å²) in [5, 5.41) is 0. The molecule has 0 aromatic heterocycles. The number of carbonyl (C=O) groups excluding carboxylic acids is 2. The summed E-state index contributed by atoms with van der Waals surface area (Å²) in [6.07, 6.45) is 6.78. The Kier molecular flexibility index (Phi) is 12.2. The van der Waals surface area contributed by atoms with Gasteiger partial charge in [-0.25, -0.2) is 9.59 Å². The van der Waals surface area contributed by atoms with E-state index in [-0.39, 0.29) is 11.1 Å². The lowest BCUT2D eigenvalue weighted by Gasteiger charge is -2.17. The molecular weight excluding hydrogens is 342 g/mol. The SMILES string of the molecule is CCCCCCCCOC(=O)c1ccccc1C(=O)OCCN(CC)CC. The molecule has 5 heteroatoms. The summed E-state index contributed by atoms with van der Waals surface area (Å²) < 4.78 is 10.7. The Balaban J connectivity index is 2.47. The smallest absolute Gasteiger partial charge is 0.339 e. The van der Waals surface area contributed by atoms with Crippen LogP contribution in [0.3, 0.4) is 0 Å². The summed E-state index contributed by atoms with van der Waals surface area (Å²) in [5.41, 5.74) is 0.543. The molecule has 5 nitrogen and oxygen atoms in total. The van der Waals surface area contributed by atoms with Gasteiger partial charge in [-0.3, -0.25) is 0 Å². The summed E-state index contributed by atoms with van der Waals surface area (Å²) in [5.74, 6) is -0.936. The molecule has 0 unspecified atom stereocenters. The standard InChI is InChI=1S/C22H35NO4/c1-4-7-8-9-10-13-17-26-21(24)19-14-11-12-15-20(19)22(25)27-18-16-23(5-2)6-3/h11-12,14-15H,4-10,13,16-18H2,1-3H3. The second-order valence-electron chi connectivity index (χ2n) is 6.61. The molecule has 0 N–H and O–H groups in total. The summed E-state index contributed by atoms with van der Waals surface area (Å²) in [7, 11) is 0. The molecule has 0 bridgehead atoms. The van der Waals surface area contributed by atoms with Crippen molar-refractivity contribution < 1.29 is 19.1 Å². The zero-order valence-electron chi connectivity index (χ0n) is 17.2. The Morgan fingerprint density at radius 2 is 1.30 bits per heavy atom. The Hall–Kier alpha value is -1.88. The van der Waals surface area contributed by atoms with Crippen LogP contribution in [-0.2, 0) is 9.47 Å². The van der Waals surface area contributed by atoms with E-state index in [9.17, 15) is 9.59 Å². The van der Waals surface area contributed by atoms with Crippen molar-refractivity contribution in [1.82, 2.24) is 4.90 Å². The molecule has 0 atom stereocenters. The van der Waals surface area contributed by atoms with Gasteiger partial charge in [-0.05, 0) is 31.6 Å². The van der Waals surface area contributed by atoms with Crippen LogP contribution in [0.1, 0.15) is 80.0 Å². The largest absolute Gasteiger partial charge is 0.462 e. The average Bonchev–Trinajstić information content (AvgIpc) is 2.70. The summed E-state index contributed by atoms with van der Waals surface area (Å²) >= 11 is 0. The Labute approximate surface area is 164 Å². The van der Waals surface area contributed by atoms with Crippen molar-refractivity contribution in [3.63, 3.8) is 0 Å². The van der Waals surface area contributed by atoms with Crippen LogP contribution in [0.4, 0.5) is 0 Å². The molecule has 27 heavy (non-hydrogen) atoms. The number of benzene rings is 1. The van der Waals surface area contributed by atoms with Gasteiger partial charge in [0.1, 0.15) is 6.61 Å². The second kappa shape index (κ2) is 14.2. The van der Waals surface area contributed by atoms with Crippen molar-refractivity contribution in [3.8, 4) is 0 Å². The first-order valence-corrected chi connectivity index (χ1v) is 10.3. The molecule has 0 saturated carbocycles. The van der Waals surface area contributed by atoms with Crippen LogP contribution in [0.2, 0.25) is 0 Å². The lowest BCUT2D eigenvalue weighted by Crippen LogP contribution is -2.28. The molecule has 0 fully saturated rings. The molecule has 0 radical (unpaired) electrons. The molecule has 0 aliphatic rings. The number of ether oxygens (including phenoxy) is 2. The van der Waals surface area contributed by atoms with Crippen LogP contribution >= 0.6 is 0 Å². The minimum Gasteiger partial charge on any atom is -0.462 e. The minimum absolute atomic E-state index is 0.269. The molecule has 0 saturated heterocycles. The third-order valence-corrected chi connectivity index (χ3v) is 4.63. The third kappa shape index (κ3) is 9.05. The Morgan fingerprint density at radius 3 is 1.85 bits per heavy atom.